The van der Waals surface area contributed by atoms with Crippen LogP contribution in [0.4, 0.5) is 0 Å². The molecular weight excluding hydrogens is 247 g/mol. The quantitative estimate of drug-likeness (QED) is 0.821. The Morgan fingerprint density at radius 3 is 2.56 bits per heavy atom. The van der Waals surface area contributed by atoms with Gasteiger partial charge in [0, 0.05) is 18.2 Å². The number of nitrogens with one attached hydrogen (secondary N) is 1. The minimum atomic E-state index is -0.749. The summed E-state index contributed by atoms with van der Waals surface area (Å²) in [5, 5.41) is 13.5. The fraction of sp³-hybridized carbons (Fsp3) is 0.545. The van der Waals surface area contributed by atoms with Crippen molar-refractivity contribution in [1.82, 2.24) is 10.3 Å². The summed E-state index contributed by atoms with van der Waals surface area (Å²) in [5.74, 6) is 0. The summed E-state index contributed by atoms with van der Waals surface area (Å²) >= 11 is 11.7. The largest absolute Gasteiger partial charge is 0.389 e. The van der Waals surface area contributed by atoms with Crippen LogP contribution in [0.15, 0.2) is 12.1 Å². The second-order valence-electron chi connectivity index (χ2n) is 4.43. The van der Waals surface area contributed by atoms with Gasteiger partial charge in [0.15, 0.2) is 0 Å². The molecular formula is C11H16Cl2N2O. The highest BCUT2D eigenvalue weighted by Crippen LogP contribution is 2.23. The topological polar surface area (TPSA) is 45.1 Å². The summed E-state index contributed by atoms with van der Waals surface area (Å²) in [6.45, 7) is 5.93. The molecule has 16 heavy (non-hydrogen) atoms. The lowest BCUT2D eigenvalue weighted by atomic mass is 10.1. The minimum Gasteiger partial charge on any atom is -0.389 e. The highest BCUT2D eigenvalue weighted by atomic mass is 35.5. The van der Waals surface area contributed by atoms with Crippen molar-refractivity contribution < 1.29 is 5.11 Å². The Morgan fingerprint density at radius 1 is 1.44 bits per heavy atom. The predicted molar refractivity (Wildman–Crippen MR) is 67.0 cm³/mol. The molecule has 0 spiro atoms. The highest BCUT2D eigenvalue weighted by molar-refractivity contribution is 6.32. The van der Waals surface area contributed by atoms with Gasteiger partial charge in [0.1, 0.15) is 10.3 Å². The molecule has 0 radical (unpaired) electrons. The molecule has 0 aromatic carbocycles. The Kier molecular flexibility index (Phi) is 4.56. The zero-order valence-electron chi connectivity index (χ0n) is 9.59. The van der Waals surface area contributed by atoms with E-state index in [1.54, 1.807) is 19.9 Å². The first-order valence-corrected chi connectivity index (χ1v) is 5.83. The Bertz CT molecular complexity index is 363. The fourth-order valence-corrected chi connectivity index (χ4v) is 1.77. The van der Waals surface area contributed by atoms with E-state index in [-0.39, 0.29) is 6.04 Å². The van der Waals surface area contributed by atoms with E-state index < -0.39 is 5.60 Å². The van der Waals surface area contributed by atoms with Crippen molar-refractivity contribution in [2.45, 2.75) is 32.4 Å². The summed E-state index contributed by atoms with van der Waals surface area (Å²) < 4.78 is 0. The smallest absolute Gasteiger partial charge is 0.135 e. The first-order chi connectivity index (χ1) is 7.29. The third-order valence-electron chi connectivity index (χ3n) is 2.15. The second-order valence-corrected chi connectivity index (χ2v) is 5.17. The van der Waals surface area contributed by atoms with Crippen molar-refractivity contribution in [2.24, 2.45) is 0 Å². The summed E-state index contributed by atoms with van der Waals surface area (Å²) in [6, 6.07) is 3.55. The van der Waals surface area contributed by atoms with Crippen molar-refractivity contribution in [2.75, 3.05) is 6.54 Å². The summed E-state index contributed by atoms with van der Waals surface area (Å²) in [5.41, 5.74) is 0.121. The third kappa shape index (κ3) is 4.26. The summed E-state index contributed by atoms with van der Waals surface area (Å²) in [7, 11) is 0. The Labute approximate surface area is 106 Å². The van der Waals surface area contributed by atoms with Gasteiger partial charge in [-0.05, 0) is 26.8 Å². The van der Waals surface area contributed by atoms with Crippen molar-refractivity contribution in [3.8, 4) is 0 Å². The number of aromatic nitrogens is 1. The number of halogens is 2. The molecule has 90 valence electrons. The second kappa shape index (κ2) is 5.32. The monoisotopic (exact) mass is 262 g/mol. The van der Waals surface area contributed by atoms with Gasteiger partial charge in [-0.2, -0.15) is 0 Å². The molecule has 0 aliphatic carbocycles. The zero-order chi connectivity index (χ0) is 12.3. The first-order valence-electron chi connectivity index (χ1n) is 5.07. The van der Waals surface area contributed by atoms with Gasteiger partial charge in [0.25, 0.3) is 0 Å². The molecule has 1 aromatic rings. The van der Waals surface area contributed by atoms with Crippen LogP contribution in [0.5, 0.6) is 0 Å². The average Bonchev–Trinajstić information content (AvgIpc) is 2.13. The summed E-state index contributed by atoms with van der Waals surface area (Å²) in [4.78, 5) is 3.97. The van der Waals surface area contributed by atoms with E-state index >= 15 is 0 Å². The van der Waals surface area contributed by atoms with Crippen molar-refractivity contribution in [1.29, 1.82) is 0 Å². The van der Waals surface area contributed by atoms with Crippen LogP contribution in [0, 0.1) is 0 Å². The Hall–Kier alpha value is -0.350. The molecule has 1 rings (SSSR count). The Balaban J connectivity index is 2.70. The number of pyridine rings is 1. The Morgan fingerprint density at radius 2 is 2.06 bits per heavy atom. The number of hydrogen-bond donors (Lipinski definition) is 2. The third-order valence-corrected chi connectivity index (χ3v) is 2.66. The van der Waals surface area contributed by atoms with E-state index in [4.69, 9.17) is 23.2 Å². The molecule has 0 amide bonds. The molecule has 5 heteroatoms. The van der Waals surface area contributed by atoms with Gasteiger partial charge in [0.2, 0.25) is 0 Å². The molecule has 0 bridgehead atoms. The number of rotatable bonds is 4. The zero-order valence-corrected chi connectivity index (χ0v) is 11.1. The van der Waals surface area contributed by atoms with E-state index in [2.05, 4.69) is 10.3 Å². The molecule has 0 saturated heterocycles. The van der Waals surface area contributed by atoms with Crippen LogP contribution in [0.1, 0.15) is 32.4 Å². The van der Waals surface area contributed by atoms with Gasteiger partial charge in [-0.25, -0.2) is 4.98 Å². The highest BCUT2D eigenvalue weighted by Gasteiger charge is 2.16. The molecule has 3 nitrogen and oxygen atoms in total. The van der Waals surface area contributed by atoms with Crippen LogP contribution >= 0.6 is 23.2 Å². The van der Waals surface area contributed by atoms with Crippen LogP contribution in [0.3, 0.4) is 0 Å². The lowest BCUT2D eigenvalue weighted by Gasteiger charge is -2.22. The van der Waals surface area contributed by atoms with Crippen LogP contribution in [0.25, 0.3) is 0 Å². The molecule has 1 heterocycles. The maximum absolute atomic E-state index is 9.59. The van der Waals surface area contributed by atoms with Crippen LogP contribution < -0.4 is 5.32 Å². The number of aliphatic hydroxyl groups is 1. The first kappa shape index (κ1) is 13.7. The molecule has 0 fully saturated rings. The van der Waals surface area contributed by atoms with E-state index in [0.29, 0.717) is 16.9 Å². The van der Waals surface area contributed by atoms with Gasteiger partial charge in [-0.3, -0.25) is 0 Å². The van der Waals surface area contributed by atoms with E-state index in [0.717, 1.165) is 5.56 Å². The molecule has 1 atom stereocenters. The van der Waals surface area contributed by atoms with Gasteiger partial charge >= 0.3 is 0 Å². The van der Waals surface area contributed by atoms with Gasteiger partial charge < -0.3 is 10.4 Å². The van der Waals surface area contributed by atoms with Crippen LogP contribution in [-0.2, 0) is 0 Å². The molecule has 2 N–H and O–H groups in total. The van der Waals surface area contributed by atoms with Crippen LogP contribution in [0.2, 0.25) is 10.3 Å². The fourth-order valence-electron chi connectivity index (χ4n) is 1.26. The van der Waals surface area contributed by atoms with Crippen molar-refractivity contribution >= 4 is 23.2 Å². The van der Waals surface area contributed by atoms with E-state index in [1.165, 1.54) is 0 Å². The standard InChI is InChI=1S/C11H16Cl2N2O/c1-7(14-6-11(2,3)16)8-4-5-9(12)15-10(8)13/h4-5,7,14,16H,6H2,1-3H3. The molecule has 0 aliphatic rings. The molecule has 1 unspecified atom stereocenters. The van der Waals surface area contributed by atoms with E-state index in [1.807, 2.05) is 13.0 Å². The maximum atomic E-state index is 9.59. The van der Waals surface area contributed by atoms with Crippen molar-refractivity contribution in [3.05, 3.63) is 28.0 Å². The number of hydrogen-bond acceptors (Lipinski definition) is 3. The minimum absolute atomic E-state index is 0.0173. The van der Waals surface area contributed by atoms with Gasteiger partial charge in [-0.15, -0.1) is 0 Å². The lowest BCUT2D eigenvalue weighted by molar-refractivity contribution is 0.0770. The molecule has 1 aromatic heterocycles. The molecule has 0 saturated carbocycles. The van der Waals surface area contributed by atoms with Crippen LogP contribution in [-0.4, -0.2) is 22.2 Å². The normalized spacial score (nSPS) is 13.9. The van der Waals surface area contributed by atoms with Gasteiger partial charge in [0.05, 0.1) is 5.60 Å². The van der Waals surface area contributed by atoms with E-state index in [9.17, 15) is 5.11 Å². The number of nitrogens with zero attached hydrogens (tertiary/aromatic N) is 1. The SMILES string of the molecule is CC(NCC(C)(C)O)c1ccc(Cl)nc1Cl. The lowest BCUT2D eigenvalue weighted by Crippen LogP contribution is -2.36. The van der Waals surface area contributed by atoms with Crippen molar-refractivity contribution in [3.63, 3.8) is 0 Å². The average molecular weight is 263 g/mol. The molecule has 0 aliphatic heterocycles. The summed E-state index contributed by atoms with van der Waals surface area (Å²) in [6.07, 6.45) is 0. The maximum Gasteiger partial charge on any atom is 0.135 e. The predicted octanol–water partition coefficient (Wildman–Crippen LogP) is 2.81. The van der Waals surface area contributed by atoms with Gasteiger partial charge in [-0.1, -0.05) is 29.3 Å².